The van der Waals surface area contributed by atoms with Crippen molar-refractivity contribution in [1.29, 1.82) is 0 Å². The van der Waals surface area contributed by atoms with Crippen LogP contribution in [0.1, 0.15) is 79.6 Å². The predicted molar refractivity (Wildman–Crippen MR) is 162 cm³/mol. The highest BCUT2D eigenvalue weighted by atomic mass is 16.7. The van der Waals surface area contributed by atoms with Gasteiger partial charge in [0.15, 0.2) is 6.29 Å². The van der Waals surface area contributed by atoms with Crippen molar-refractivity contribution in [2.45, 2.75) is 134 Å². The van der Waals surface area contributed by atoms with Gasteiger partial charge in [0.25, 0.3) is 0 Å². The highest BCUT2D eigenvalue weighted by Crippen LogP contribution is 2.69. The normalized spacial score (nSPS) is 51.0. The fraction of sp³-hybridized carbons (Fsp3) is 0.941. The molecule has 5 aliphatic rings. The van der Waals surface area contributed by atoms with Crippen molar-refractivity contribution in [2.75, 3.05) is 20.3 Å². The summed E-state index contributed by atoms with van der Waals surface area (Å²) in [6, 6.07) is 0. The van der Waals surface area contributed by atoms with Crippen LogP contribution in [0, 0.1) is 46.3 Å². The van der Waals surface area contributed by atoms with E-state index in [0.29, 0.717) is 18.8 Å². The van der Waals surface area contributed by atoms with Crippen LogP contribution in [0.4, 0.5) is 0 Å². The van der Waals surface area contributed by atoms with Gasteiger partial charge in [0, 0.05) is 26.1 Å². The van der Waals surface area contributed by atoms with Crippen LogP contribution < -0.4 is 0 Å². The molecule has 1 heterocycles. The molecule has 0 radical (unpaired) electrons. The molecule has 2 unspecified atom stereocenters. The first-order valence-corrected chi connectivity index (χ1v) is 16.9. The van der Waals surface area contributed by atoms with E-state index in [9.17, 15) is 35.7 Å². The van der Waals surface area contributed by atoms with Crippen molar-refractivity contribution < 1.29 is 50.0 Å². The summed E-state index contributed by atoms with van der Waals surface area (Å²) in [5, 5.41) is 77.4. The Labute approximate surface area is 262 Å². The fourth-order valence-electron chi connectivity index (χ4n) is 10.6. The summed E-state index contributed by atoms with van der Waals surface area (Å²) in [6.45, 7) is 10.6. The molecular weight excluding hydrogens is 568 g/mol. The van der Waals surface area contributed by atoms with Gasteiger partial charge in [-0.3, -0.25) is 0 Å². The highest BCUT2D eigenvalue weighted by molar-refractivity contribution is 5.33. The van der Waals surface area contributed by atoms with E-state index in [2.05, 4.69) is 27.7 Å². The summed E-state index contributed by atoms with van der Waals surface area (Å²) in [4.78, 5) is 0. The van der Waals surface area contributed by atoms with Crippen molar-refractivity contribution in [3.8, 4) is 0 Å². The minimum absolute atomic E-state index is 0.0703. The van der Waals surface area contributed by atoms with Gasteiger partial charge in [0.1, 0.15) is 18.3 Å². The molecule has 0 spiro atoms. The first-order valence-electron chi connectivity index (χ1n) is 16.9. The smallest absolute Gasteiger partial charge is 0.187 e. The van der Waals surface area contributed by atoms with Crippen LogP contribution >= 0.6 is 0 Å². The molecule has 1 saturated heterocycles. The molecule has 7 N–H and O–H groups in total. The Bertz CT molecular complexity index is 1040. The molecule has 4 fully saturated rings. The minimum Gasteiger partial charge on any atom is -0.396 e. The van der Waals surface area contributed by atoms with Gasteiger partial charge in [-0.2, -0.15) is 0 Å². The van der Waals surface area contributed by atoms with E-state index in [1.54, 1.807) is 0 Å². The summed E-state index contributed by atoms with van der Waals surface area (Å²) < 4.78 is 17.3. The van der Waals surface area contributed by atoms with Crippen LogP contribution in [0.3, 0.4) is 0 Å². The van der Waals surface area contributed by atoms with Crippen molar-refractivity contribution in [1.82, 2.24) is 0 Å². The number of methoxy groups -OCH3 is 1. The molecule has 254 valence electrons. The van der Waals surface area contributed by atoms with Crippen molar-refractivity contribution in [2.24, 2.45) is 46.3 Å². The predicted octanol–water partition coefficient (Wildman–Crippen LogP) is 1.75. The van der Waals surface area contributed by atoms with E-state index >= 15 is 0 Å². The Kier molecular flexibility index (Phi) is 10.0. The van der Waals surface area contributed by atoms with Crippen LogP contribution in [-0.2, 0) is 14.2 Å². The maximum absolute atomic E-state index is 12.7. The molecule has 0 amide bonds. The van der Waals surface area contributed by atoms with Crippen molar-refractivity contribution >= 4 is 0 Å². The minimum atomic E-state index is -1.35. The molecule has 3 saturated carbocycles. The number of aliphatic hydroxyl groups excluding tert-OH is 6. The molecule has 0 aromatic heterocycles. The molecule has 44 heavy (non-hydrogen) atoms. The summed E-state index contributed by atoms with van der Waals surface area (Å²) >= 11 is 0. The Morgan fingerprint density at radius 2 is 1.66 bits per heavy atom. The van der Waals surface area contributed by atoms with E-state index < -0.39 is 71.4 Å². The average molecular weight is 627 g/mol. The van der Waals surface area contributed by atoms with Gasteiger partial charge in [-0.15, -0.1) is 0 Å². The fourth-order valence-corrected chi connectivity index (χ4v) is 10.6. The lowest BCUT2D eigenvalue weighted by atomic mass is 9.43. The lowest BCUT2D eigenvalue weighted by molar-refractivity contribution is -0.285. The van der Waals surface area contributed by atoms with E-state index in [0.717, 1.165) is 31.3 Å². The molecule has 0 aromatic rings. The summed E-state index contributed by atoms with van der Waals surface area (Å²) in [5.41, 5.74) is -1.55. The number of rotatable bonds is 9. The third-order valence-electron chi connectivity index (χ3n) is 13.2. The molecule has 0 bridgehead atoms. The number of aliphatic hydroxyl groups is 7. The van der Waals surface area contributed by atoms with E-state index in [1.807, 2.05) is 13.0 Å². The first kappa shape index (κ1) is 34.7. The van der Waals surface area contributed by atoms with Gasteiger partial charge in [0.2, 0.25) is 0 Å². The highest BCUT2D eigenvalue weighted by Gasteiger charge is 2.72. The third kappa shape index (κ3) is 5.53. The third-order valence-corrected chi connectivity index (χ3v) is 13.2. The lowest BCUT2D eigenvalue weighted by Gasteiger charge is -2.64. The summed E-state index contributed by atoms with van der Waals surface area (Å²) in [6.07, 6.45) is -0.804. The van der Waals surface area contributed by atoms with Crippen LogP contribution in [0.25, 0.3) is 0 Å². The van der Waals surface area contributed by atoms with Crippen molar-refractivity contribution in [3.05, 3.63) is 11.6 Å². The van der Waals surface area contributed by atoms with Gasteiger partial charge in [0.05, 0.1) is 36.6 Å². The maximum Gasteiger partial charge on any atom is 0.187 e. The largest absolute Gasteiger partial charge is 0.396 e. The molecule has 1 aliphatic heterocycles. The molecule has 5 rings (SSSR count). The Morgan fingerprint density at radius 3 is 2.32 bits per heavy atom. The molecule has 0 aromatic carbocycles. The van der Waals surface area contributed by atoms with Gasteiger partial charge in [-0.1, -0.05) is 53.5 Å². The number of hydrogen-bond donors (Lipinski definition) is 7. The second-order valence-electron chi connectivity index (χ2n) is 15.7. The monoisotopic (exact) mass is 626 g/mol. The second kappa shape index (κ2) is 12.7. The molecular formula is C34H58O10. The Hall–Kier alpha value is -0.660. The van der Waals surface area contributed by atoms with E-state index in [4.69, 9.17) is 14.2 Å². The average Bonchev–Trinajstić information content (AvgIpc) is 3.18. The van der Waals surface area contributed by atoms with Gasteiger partial charge in [-0.05, 0) is 71.7 Å². The summed E-state index contributed by atoms with van der Waals surface area (Å²) in [7, 11) is 1.43. The zero-order valence-electron chi connectivity index (χ0n) is 27.4. The van der Waals surface area contributed by atoms with Gasteiger partial charge in [-0.25, -0.2) is 0 Å². The van der Waals surface area contributed by atoms with Crippen molar-refractivity contribution in [3.63, 3.8) is 0 Å². The number of fused-ring (bicyclic) bond motifs is 5. The van der Waals surface area contributed by atoms with Crippen LogP contribution in [0.15, 0.2) is 11.6 Å². The first-order chi connectivity index (χ1) is 20.6. The quantitative estimate of drug-likeness (QED) is 0.187. The van der Waals surface area contributed by atoms with Gasteiger partial charge >= 0.3 is 0 Å². The lowest BCUT2D eigenvalue weighted by Crippen LogP contribution is -2.66. The Morgan fingerprint density at radius 1 is 0.955 bits per heavy atom. The zero-order chi connectivity index (χ0) is 32.4. The van der Waals surface area contributed by atoms with Gasteiger partial charge < -0.3 is 50.0 Å². The zero-order valence-corrected chi connectivity index (χ0v) is 27.4. The second-order valence-corrected chi connectivity index (χ2v) is 15.7. The van der Waals surface area contributed by atoms with Crippen LogP contribution in [0.2, 0.25) is 0 Å². The molecule has 4 aliphatic carbocycles. The van der Waals surface area contributed by atoms with E-state index in [-0.39, 0.29) is 43.3 Å². The van der Waals surface area contributed by atoms with Crippen LogP contribution in [0.5, 0.6) is 0 Å². The maximum atomic E-state index is 12.7. The summed E-state index contributed by atoms with van der Waals surface area (Å²) in [5.74, 6) is -0.309. The molecule has 17 atom stereocenters. The van der Waals surface area contributed by atoms with Crippen LogP contribution in [-0.4, -0.2) is 111 Å². The number of hydrogen-bond acceptors (Lipinski definition) is 10. The molecule has 10 heteroatoms. The Balaban J connectivity index is 1.36. The SMILES string of the molecule is CO[C@H]1[C@H](O[C@@H]2C=C3[C@H](O)C[C@]4(O)C(CC[C@@]5(C)C4[C@@H](O)[C@H](O)[C@@H]5[C@H](C)CC[C@@H](C)[C@H](C)CO)[C@@]3(C)CC2)OC[C@@H](O)[C@@H]1O. The standard InChI is InChI=1S/C34H58O10/c1-17(19(3)15-35)7-8-18(2)25-27(39)28(40)30-33(25,5)12-10-24-32(4)11-9-20(13-21(32)22(36)14-34(24,30)41)44-31-29(42-6)26(38)23(37)16-43-31/h13,17-20,22-31,35-41H,7-12,14-16H2,1-6H3/t17-,18-,19-,20+,22-,23-,24?,25+,26+,27-,28+,29-,30?,31+,32+,33-,34+/m1/s1. The molecule has 10 nitrogen and oxygen atoms in total. The number of ether oxygens (including phenoxy) is 3. The van der Waals surface area contributed by atoms with E-state index in [1.165, 1.54) is 7.11 Å². The topological polar surface area (TPSA) is 169 Å².